The molecule has 2 heterocycles. The summed E-state index contributed by atoms with van der Waals surface area (Å²) in [5.74, 6) is 1.11. The van der Waals surface area contributed by atoms with E-state index in [1.807, 2.05) is 0 Å². The smallest absolute Gasteiger partial charge is 0.251 e. The molecule has 0 saturated carbocycles. The van der Waals surface area contributed by atoms with Crippen LogP contribution in [0.15, 0.2) is 18.3 Å². The van der Waals surface area contributed by atoms with Gasteiger partial charge in [-0.2, -0.15) is 0 Å². The van der Waals surface area contributed by atoms with E-state index in [-0.39, 0.29) is 12.0 Å². The molecule has 5 heteroatoms. The van der Waals surface area contributed by atoms with Gasteiger partial charge < -0.3 is 15.4 Å². The Morgan fingerprint density at radius 3 is 3.10 bits per heavy atom. The molecule has 5 nitrogen and oxygen atoms in total. The molecule has 1 aliphatic heterocycles. The number of nitrogens with zero attached hydrogens (tertiary/aromatic N) is 1. The number of amides is 1. The Labute approximate surface area is 120 Å². The molecule has 1 aromatic heterocycles. The first-order chi connectivity index (χ1) is 9.70. The number of nitrogens with one attached hydrogen (secondary N) is 2. The number of pyridine rings is 1. The Hall–Kier alpha value is -1.62. The van der Waals surface area contributed by atoms with Gasteiger partial charge in [-0.1, -0.05) is 6.92 Å². The molecule has 1 aromatic rings. The molecule has 110 valence electrons. The molecule has 0 aromatic carbocycles. The number of carbonyl (C=O) groups excluding carboxylic acids is 1. The van der Waals surface area contributed by atoms with E-state index in [1.54, 1.807) is 18.3 Å². The molecule has 1 fully saturated rings. The number of hydrogen-bond acceptors (Lipinski definition) is 4. The van der Waals surface area contributed by atoms with E-state index in [1.165, 1.54) is 0 Å². The minimum absolute atomic E-state index is 0.0500. The highest BCUT2D eigenvalue weighted by molar-refractivity contribution is 5.94. The van der Waals surface area contributed by atoms with E-state index in [9.17, 15) is 4.79 Å². The minimum Gasteiger partial charge on any atom is -0.378 e. The average Bonchev–Trinajstić information content (AvgIpc) is 2.88. The summed E-state index contributed by atoms with van der Waals surface area (Å²) in [7, 11) is 0. The van der Waals surface area contributed by atoms with Crippen molar-refractivity contribution in [1.82, 2.24) is 10.3 Å². The first kappa shape index (κ1) is 14.8. The molecule has 2 unspecified atom stereocenters. The molecule has 0 aliphatic carbocycles. The van der Waals surface area contributed by atoms with Crippen LogP contribution in [0.5, 0.6) is 0 Å². The molecule has 2 N–H and O–H groups in total. The second-order valence-corrected chi connectivity index (χ2v) is 5.19. The number of aromatic nitrogens is 1. The van der Waals surface area contributed by atoms with E-state index < -0.39 is 0 Å². The molecule has 2 atom stereocenters. The lowest BCUT2D eigenvalue weighted by Gasteiger charge is -2.15. The SMILES string of the molecule is CCCNc1cc(C(=O)NCC2CCOC2C)ccn1. The normalized spacial score (nSPS) is 21.7. The molecule has 0 bridgehead atoms. The minimum atomic E-state index is -0.0500. The molecule has 1 saturated heterocycles. The lowest BCUT2D eigenvalue weighted by atomic mass is 10.0. The van der Waals surface area contributed by atoms with Crippen molar-refractivity contribution in [3.8, 4) is 0 Å². The highest BCUT2D eigenvalue weighted by Crippen LogP contribution is 2.19. The molecule has 1 amide bonds. The summed E-state index contributed by atoms with van der Waals surface area (Å²) < 4.78 is 5.50. The zero-order chi connectivity index (χ0) is 14.4. The van der Waals surface area contributed by atoms with Crippen molar-refractivity contribution in [2.75, 3.05) is 25.0 Å². The van der Waals surface area contributed by atoms with Crippen LogP contribution < -0.4 is 10.6 Å². The molecular formula is C15H23N3O2. The van der Waals surface area contributed by atoms with Gasteiger partial charge in [0.1, 0.15) is 5.82 Å². The van der Waals surface area contributed by atoms with Gasteiger partial charge in [-0.15, -0.1) is 0 Å². The fourth-order valence-electron chi connectivity index (χ4n) is 2.29. The molecule has 20 heavy (non-hydrogen) atoms. The van der Waals surface area contributed by atoms with Crippen molar-refractivity contribution in [2.24, 2.45) is 5.92 Å². The topological polar surface area (TPSA) is 63.2 Å². The van der Waals surface area contributed by atoms with Crippen molar-refractivity contribution < 1.29 is 9.53 Å². The Morgan fingerprint density at radius 2 is 2.40 bits per heavy atom. The fourth-order valence-corrected chi connectivity index (χ4v) is 2.29. The fraction of sp³-hybridized carbons (Fsp3) is 0.600. The van der Waals surface area contributed by atoms with Crippen LogP contribution >= 0.6 is 0 Å². The second-order valence-electron chi connectivity index (χ2n) is 5.19. The predicted molar refractivity (Wildman–Crippen MR) is 78.9 cm³/mol. The van der Waals surface area contributed by atoms with Crippen LogP contribution in [0, 0.1) is 5.92 Å². The zero-order valence-electron chi connectivity index (χ0n) is 12.2. The average molecular weight is 277 g/mol. The van der Waals surface area contributed by atoms with Crippen LogP contribution in [-0.4, -0.2) is 36.7 Å². The summed E-state index contributed by atoms with van der Waals surface area (Å²) in [6.07, 6.45) is 3.93. The summed E-state index contributed by atoms with van der Waals surface area (Å²) >= 11 is 0. The maximum atomic E-state index is 12.1. The van der Waals surface area contributed by atoms with Gasteiger partial charge in [-0.25, -0.2) is 4.98 Å². The van der Waals surface area contributed by atoms with Gasteiger partial charge in [-0.05, 0) is 31.9 Å². The summed E-state index contributed by atoms with van der Waals surface area (Å²) in [6, 6.07) is 3.53. The van der Waals surface area contributed by atoms with Crippen molar-refractivity contribution in [2.45, 2.75) is 32.8 Å². The van der Waals surface area contributed by atoms with Crippen molar-refractivity contribution in [1.29, 1.82) is 0 Å². The van der Waals surface area contributed by atoms with Crippen LogP contribution in [0.1, 0.15) is 37.0 Å². The molecule has 0 radical (unpaired) electrons. The highest BCUT2D eigenvalue weighted by atomic mass is 16.5. The van der Waals surface area contributed by atoms with Crippen molar-refractivity contribution in [3.05, 3.63) is 23.9 Å². The van der Waals surface area contributed by atoms with Gasteiger partial charge in [0.05, 0.1) is 6.10 Å². The summed E-state index contributed by atoms with van der Waals surface area (Å²) in [6.45, 7) is 6.47. The van der Waals surface area contributed by atoms with Gasteiger partial charge in [0, 0.05) is 37.4 Å². The quantitative estimate of drug-likeness (QED) is 0.835. The van der Waals surface area contributed by atoms with Crippen LogP contribution in [0.3, 0.4) is 0 Å². The van der Waals surface area contributed by atoms with Gasteiger partial charge in [0.2, 0.25) is 0 Å². The first-order valence-electron chi connectivity index (χ1n) is 7.30. The molecular weight excluding hydrogens is 254 g/mol. The number of ether oxygens (including phenoxy) is 1. The van der Waals surface area contributed by atoms with Crippen LogP contribution in [-0.2, 0) is 4.74 Å². The Kier molecular flexibility index (Phi) is 5.35. The summed E-state index contributed by atoms with van der Waals surface area (Å²) in [4.78, 5) is 16.3. The Balaban J connectivity index is 1.88. The van der Waals surface area contributed by atoms with Gasteiger partial charge >= 0.3 is 0 Å². The first-order valence-corrected chi connectivity index (χ1v) is 7.30. The number of hydrogen-bond donors (Lipinski definition) is 2. The monoisotopic (exact) mass is 277 g/mol. The van der Waals surface area contributed by atoms with E-state index in [2.05, 4.69) is 29.5 Å². The molecule has 2 rings (SSSR count). The third kappa shape index (κ3) is 3.93. The number of carbonyl (C=O) groups is 1. The molecule has 0 spiro atoms. The predicted octanol–water partition coefficient (Wildman–Crippen LogP) is 2.06. The molecule has 1 aliphatic rings. The standard InChI is InChI=1S/C15H23N3O2/c1-3-6-16-14-9-12(4-7-17-14)15(19)18-10-13-5-8-20-11(13)2/h4,7,9,11,13H,3,5-6,8,10H2,1-2H3,(H,16,17)(H,18,19). The van der Waals surface area contributed by atoms with Crippen LogP contribution in [0.4, 0.5) is 5.82 Å². The van der Waals surface area contributed by atoms with Gasteiger partial charge in [0.15, 0.2) is 0 Å². The van der Waals surface area contributed by atoms with Gasteiger partial charge in [0.25, 0.3) is 5.91 Å². The Bertz CT molecular complexity index is 450. The van der Waals surface area contributed by atoms with Crippen molar-refractivity contribution in [3.63, 3.8) is 0 Å². The number of anilines is 1. The maximum Gasteiger partial charge on any atom is 0.251 e. The van der Waals surface area contributed by atoms with Crippen LogP contribution in [0.25, 0.3) is 0 Å². The van der Waals surface area contributed by atoms with E-state index in [4.69, 9.17) is 4.74 Å². The number of rotatable bonds is 6. The summed E-state index contributed by atoms with van der Waals surface area (Å²) in [5, 5.41) is 6.16. The van der Waals surface area contributed by atoms with E-state index in [0.717, 1.165) is 31.8 Å². The van der Waals surface area contributed by atoms with E-state index in [0.29, 0.717) is 18.0 Å². The lowest BCUT2D eigenvalue weighted by Crippen LogP contribution is -2.32. The van der Waals surface area contributed by atoms with Crippen molar-refractivity contribution >= 4 is 11.7 Å². The van der Waals surface area contributed by atoms with Gasteiger partial charge in [-0.3, -0.25) is 4.79 Å². The Morgan fingerprint density at radius 1 is 1.55 bits per heavy atom. The largest absolute Gasteiger partial charge is 0.378 e. The third-order valence-corrected chi connectivity index (χ3v) is 3.64. The van der Waals surface area contributed by atoms with E-state index >= 15 is 0 Å². The zero-order valence-corrected chi connectivity index (χ0v) is 12.2. The van der Waals surface area contributed by atoms with Crippen LogP contribution in [0.2, 0.25) is 0 Å². The highest BCUT2D eigenvalue weighted by Gasteiger charge is 2.24. The second kappa shape index (κ2) is 7.24. The lowest BCUT2D eigenvalue weighted by molar-refractivity contribution is 0.0907. The maximum absolute atomic E-state index is 12.1. The summed E-state index contributed by atoms with van der Waals surface area (Å²) in [5.41, 5.74) is 0.644. The third-order valence-electron chi connectivity index (χ3n) is 3.64.